The number of nitrogens with one attached hydrogen (secondary N) is 1. The van der Waals surface area contributed by atoms with E-state index in [0.717, 1.165) is 10.0 Å². The molecule has 0 bridgehead atoms. The maximum atomic E-state index is 12.9. The van der Waals surface area contributed by atoms with Crippen LogP contribution in [0.1, 0.15) is 40.0 Å². The second kappa shape index (κ2) is 7.25. The molecule has 0 aliphatic heterocycles. The second-order valence-corrected chi connectivity index (χ2v) is 6.66. The van der Waals surface area contributed by atoms with Gasteiger partial charge in [0.25, 0.3) is 11.8 Å². The highest BCUT2D eigenvalue weighted by Crippen LogP contribution is 2.29. The molecular weight excluding hydrogens is 402 g/mol. The quantitative estimate of drug-likeness (QED) is 0.501. The van der Waals surface area contributed by atoms with Gasteiger partial charge in [0.1, 0.15) is 5.69 Å². The van der Waals surface area contributed by atoms with Gasteiger partial charge in [-0.25, -0.2) is 0 Å². The molecule has 0 fully saturated rings. The van der Waals surface area contributed by atoms with E-state index in [1.807, 2.05) is 26.0 Å². The summed E-state index contributed by atoms with van der Waals surface area (Å²) in [7, 11) is 0. The lowest BCUT2D eigenvalue weighted by atomic mass is 10.00. The molecule has 1 aromatic carbocycles. The number of rotatable bonds is 5. The fourth-order valence-corrected chi connectivity index (χ4v) is 3.05. The number of hydrogen-bond donors (Lipinski definition) is 1. The predicted octanol–water partition coefficient (Wildman–Crippen LogP) is 3.74. The van der Waals surface area contributed by atoms with Crippen LogP contribution in [0.15, 0.2) is 33.2 Å². The number of carbonyl (C=O) groups is 2. The molecule has 2 aromatic heterocycles. The molecular formula is C18H16BrN3O4. The zero-order valence-electron chi connectivity index (χ0n) is 14.4. The minimum Gasteiger partial charge on any atom is -0.456 e. The van der Waals surface area contributed by atoms with Gasteiger partial charge in [0.15, 0.2) is 12.4 Å². The van der Waals surface area contributed by atoms with Gasteiger partial charge in [-0.3, -0.25) is 9.59 Å². The second-order valence-electron chi connectivity index (χ2n) is 5.75. The summed E-state index contributed by atoms with van der Waals surface area (Å²) in [6.07, 6.45) is 0. The summed E-state index contributed by atoms with van der Waals surface area (Å²) >= 11 is 3.38. The first kappa shape index (κ1) is 18.1. The Morgan fingerprint density at radius 1 is 1.27 bits per heavy atom. The van der Waals surface area contributed by atoms with Crippen molar-refractivity contribution in [2.75, 3.05) is 0 Å². The van der Waals surface area contributed by atoms with Gasteiger partial charge in [-0.2, -0.15) is 0 Å². The molecule has 2 heterocycles. The molecule has 0 unspecified atom stereocenters. The van der Waals surface area contributed by atoms with Crippen LogP contribution in [-0.4, -0.2) is 26.9 Å². The Kier molecular flexibility index (Phi) is 5.03. The summed E-state index contributed by atoms with van der Waals surface area (Å²) in [4.78, 5) is 26.9. The smallest absolute Gasteiger partial charge is 0.303 e. The SMILES string of the molecule is CC(=O)OCc1nnc(-c2[nH]c(C)c(C(=O)c3cccc(Br)c3)c2C)o1. The van der Waals surface area contributed by atoms with Crippen molar-refractivity contribution in [1.82, 2.24) is 15.2 Å². The van der Waals surface area contributed by atoms with E-state index < -0.39 is 5.97 Å². The molecule has 0 amide bonds. The molecule has 0 saturated heterocycles. The first-order chi connectivity index (χ1) is 12.4. The van der Waals surface area contributed by atoms with Gasteiger partial charge in [0.2, 0.25) is 0 Å². The van der Waals surface area contributed by atoms with Gasteiger partial charge in [0, 0.05) is 28.2 Å². The van der Waals surface area contributed by atoms with Gasteiger partial charge in [-0.1, -0.05) is 28.1 Å². The number of ketones is 1. The Bertz CT molecular complexity index is 990. The van der Waals surface area contributed by atoms with Crippen molar-refractivity contribution in [3.8, 4) is 11.6 Å². The average molecular weight is 418 g/mol. The largest absolute Gasteiger partial charge is 0.456 e. The number of aryl methyl sites for hydroxylation is 1. The van der Waals surface area contributed by atoms with Crippen LogP contribution in [0.5, 0.6) is 0 Å². The summed E-state index contributed by atoms with van der Waals surface area (Å²) < 4.78 is 11.2. The minimum atomic E-state index is -0.432. The standard InChI is InChI=1S/C18H16BrN3O4/c1-9-15(17(24)12-5-4-6-13(19)7-12)10(2)20-16(9)18-22-21-14(26-18)8-25-11(3)23/h4-7,20H,8H2,1-3H3. The fourth-order valence-electron chi connectivity index (χ4n) is 2.65. The van der Waals surface area contributed by atoms with Gasteiger partial charge < -0.3 is 14.1 Å². The monoisotopic (exact) mass is 417 g/mol. The molecule has 134 valence electrons. The zero-order chi connectivity index (χ0) is 18.8. The highest BCUT2D eigenvalue weighted by Gasteiger charge is 2.23. The summed E-state index contributed by atoms with van der Waals surface area (Å²) in [5.74, 6) is -0.107. The van der Waals surface area contributed by atoms with E-state index in [2.05, 4.69) is 31.1 Å². The highest BCUT2D eigenvalue weighted by atomic mass is 79.9. The fraction of sp³-hybridized carbons (Fsp3) is 0.222. The number of ether oxygens (including phenoxy) is 1. The molecule has 26 heavy (non-hydrogen) atoms. The van der Waals surface area contributed by atoms with Crippen LogP contribution in [0, 0.1) is 13.8 Å². The lowest BCUT2D eigenvalue weighted by Crippen LogP contribution is -2.03. The van der Waals surface area contributed by atoms with Gasteiger partial charge >= 0.3 is 5.97 Å². The minimum absolute atomic E-state index is 0.0924. The Hall–Kier alpha value is -2.74. The molecule has 3 aromatic rings. The maximum absolute atomic E-state index is 12.9. The third-order valence-electron chi connectivity index (χ3n) is 3.83. The molecule has 0 radical (unpaired) electrons. The summed E-state index contributed by atoms with van der Waals surface area (Å²) in [6.45, 7) is 4.85. The van der Waals surface area contributed by atoms with E-state index >= 15 is 0 Å². The number of benzene rings is 1. The van der Waals surface area contributed by atoms with Crippen molar-refractivity contribution in [1.29, 1.82) is 0 Å². The number of hydrogen-bond acceptors (Lipinski definition) is 6. The number of aromatic nitrogens is 3. The van der Waals surface area contributed by atoms with Crippen molar-refractivity contribution < 1.29 is 18.7 Å². The highest BCUT2D eigenvalue weighted by molar-refractivity contribution is 9.10. The topological polar surface area (TPSA) is 98.1 Å². The summed E-state index contributed by atoms with van der Waals surface area (Å²) in [5.41, 5.74) is 3.15. The van der Waals surface area contributed by atoms with Crippen LogP contribution >= 0.6 is 15.9 Å². The van der Waals surface area contributed by atoms with Gasteiger partial charge in [-0.15, -0.1) is 10.2 Å². The van der Waals surface area contributed by atoms with E-state index in [1.54, 1.807) is 12.1 Å². The number of carbonyl (C=O) groups excluding carboxylic acids is 2. The Balaban J connectivity index is 1.93. The molecule has 0 aliphatic rings. The van der Waals surface area contributed by atoms with Crippen LogP contribution in [0.4, 0.5) is 0 Å². The van der Waals surface area contributed by atoms with Crippen LogP contribution in [0.2, 0.25) is 0 Å². The van der Waals surface area contributed by atoms with Crippen molar-refractivity contribution in [2.45, 2.75) is 27.4 Å². The molecule has 7 nitrogen and oxygen atoms in total. The van der Waals surface area contributed by atoms with Crippen LogP contribution < -0.4 is 0 Å². The van der Waals surface area contributed by atoms with Crippen LogP contribution in [0.3, 0.4) is 0 Å². The predicted molar refractivity (Wildman–Crippen MR) is 96.6 cm³/mol. The normalized spacial score (nSPS) is 10.8. The van der Waals surface area contributed by atoms with E-state index in [1.165, 1.54) is 6.92 Å². The summed E-state index contributed by atoms with van der Waals surface area (Å²) in [5, 5.41) is 7.82. The van der Waals surface area contributed by atoms with E-state index in [9.17, 15) is 9.59 Å². The van der Waals surface area contributed by atoms with Gasteiger partial charge in [0.05, 0.1) is 0 Å². The average Bonchev–Trinajstić information content (AvgIpc) is 3.17. The van der Waals surface area contributed by atoms with Crippen molar-refractivity contribution >= 4 is 27.7 Å². The van der Waals surface area contributed by atoms with E-state index in [-0.39, 0.29) is 24.2 Å². The molecule has 3 rings (SSSR count). The number of H-pyrrole nitrogens is 1. The van der Waals surface area contributed by atoms with Crippen LogP contribution in [0.25, 0.3) is 11.6 Å². The Morgan fingerprint density at radius 3 is 2.73 bits per heavy atom. The molecule has 8 heteroatoms. The zero-order valence-corrected chi connectivity index (χ0v) is 16.0. The number of esters is 1. The van der Waals surface area contributed by atoms with Crippen molar-refractivity contribution in [3.63, 3.8) is 0 Å². The number of halogens is 1. The molecule has 0 saturated carbocycles. The van der Waals surface area contributed by atoms with Crippen LogP contribution in [-0.2, 0) is 16.1 Å². The third kappa shape index (κ3) is 3.60. The molecule has 0 aliphatic carbocycles. The number of nitrogens with zero attached hydrogens (tertiary/aromatic N) is 2. The molecule has 1 N–H and O–H groups in total. The molecule has 0 atom stereocenters. The van der Waals surface area contributed by atoms with E-state index in [0.29, 0.717) is 22.5 Å². The van der Waals surface area contributed by atoms with Gasteiger partial charge in [-0.05, 0) is 31.5 Å². The van der Waals surface area contributed by atoms with Crippen molar-refractivity contribution in [3.05, 3.63) is 57.0 Å². The summed E-state index contributed by atoms with van der Waals surface area (Å²) in [6, 6.07) is 7.22. The third-order valence-corrected chi connectivity index (χ3v) is 4.32. The maximum Gasteiger partial charge on any atom is 0.303 e. The first-order valence-corrected chi connectivity index (χ1v) is 8.61. The Labute approximate surface area is 157 Å². The Morgan fingerprint density at radius 2 is 2.04 bits per heavy atom. The molecule has 0 spiro atoms. The lowest BCUT2D eigenvalue weighted by Gasteiger charge is -2.03. The number of aromatic amines is 1. The first-order valence-electron chi connectivity index (χ1n) is 7.82. The lowest BCUT2D eigenvalue weighted by molar-refractivity contribution is -0.142. The van der Waals surface area contributed by atoms with E-state index in [4.69, 9.17) is 9.15 Å². The van der Waals surface area contributed by atoms with Crippen molar-refractivity contribution in [2.24, 2.45) is 0 Å².